The summed E-state index contributed by atoms with van der Waals surface area (Å²) in [6.45, 7) is 4.84. The smallest absolute Gasteiger partial charge is 0.190 e. The van der Waals surface area contributed by atoms with E-state index in [1.165, 1.54) is 0 Å². The lowest BCUT2D eigenvalue weighted by atomic mass is 10.2. The lowest BCUT2D eigenvalue weighted by Crippen LogP contribution is -2.20. The fourth-order valence-electron chi connectivity index (χ4n) is 3.14. The third-order valence-electron chi connectivity index (χ3n) is 4.75. The largest absolute Gasteiger partial charge is 0.493 e. The Hall–Kier alpha value is -4.13. The Bertz CT molecular complexity index is 1230. The molecule has 0 unspecified atom stereocenters. The van der Waals surface area contributed by atoms with Gasteiger partial charge in [-0.15, -0.1) is 0 Å². The molecule has 0 saturated heterocycles. The number of fused-ring (bicyclic) bond motifs is 1. The van der Waals surface area contributed by atoms with Crippen LogP contribution in [0.1, 0.15) is 25.2 Å². The topological polar surface area (TPSA) is 83.9 Å². The van der Waals surface area contributed by atoms with Gasteiger partial charge in [-0.3, -0.25) is 5.43 Å². The van der Waals surface area contributed by atoms with Gasteiger partial charge in [-0.1, -0.05) is 44.2 Å². The second-order valence-corrected chi connectivity index (χ2v) is 7.88. The van der Waals surface area contributed by atoms with Crippen LogP contribution in [-0.2, 0) is 0 Å². The van der Waals surface area contributed by atoms with Crippen LogP contribution in [0.15, 0.2) is 82.9 Å². The molecule has 0 aliphatic carbocycles. The van der Waals surface area contributed by atoms with Crippen LogP contribution in [0.2, 0.25) is 0 Å². The summed E-state index contributed by atoms with van der Waals surface area (Å²) in [6.07, 6.45) is 1.71. The maximum absolute atomic E-state index is 5.82. The minimum absolute atomic E-state index is 0.431. The van der Waals surface area contributed by atoms with E-state index in [9.17, 15) is 0 Å². The van der Waals surface area contributed by atoms with Crippen LogP contribution >= 0.6 is 0 Å². The Morgan fingerprint density at radius 2 is 1.82 bits per heavy atom. The van der Waals surface area contributed by atoms with Crippen molar-refractivity contribution in [2.45, 2.75) is 13.8 Å². The fourth-order valence-corrected chi connectivity index (χ4v) is 3.14. The van der Waals surface area contributed by atoms with Crippen molar-refractivity contribution >= 4 is 28.8 Å². The first-order chi connectivity index (χ1) is 16.1. The summed E-state index contributed by atoms with van der Waals surface area (Å²) in [4.78, 5) is 12.6. The van der Waals surface area contributed by atoms with Gasteiger partial charge in [0.25, 0.3) is 0 Å². The Labute approximate surface area is 193 Å². The van der Waals surface area contributed by atoms with Gasteiger partial charge < -0.3 is 14.5 Å². The van der Waals surface area contributed by atoms with Gasteiger partial charge in [0, 0.05) is 0 Å². The number of nitrogens with zero attached hydrogens (tertiary/aromatic N) is 3. The molecule has 0 bridgehead atoms. The molecular weight excluding hydrogens is 414 g/mol. The third-order valence-corrected chi connectivity index (χ3v) is 4.75. The quantitative estimate of drug-likeness (QED) is 0.221. The zero-order valence-electron chi connectivity index (χ0n) is 18.9. The van der Waals surface area contributed by atoms with E-state index < -0.39 is 0 Å². The predicted molar refractivity (Wildman–Crippen MR) is 133 cm³/mol. The average molecular weight is 442 g/mol. The number of aliphatic imine (C=N–C) groups is 1. The minimum atomic E-state index is 0.431. The number of hydrogen-bond donors (Lipinski definition) is 2. The summed E-state index contributed by atoms with van der Waals surface area (Å²) in [5, 5.41) is 4.40. The zero-order valence-corrected chi connectivity index (χ0v) is 18.9. The molecule has 168 valence electrons. The Kier molecular flexibility index (Phi) is 6.99. The number of ether oxygens (including phenoxy) is 2. The van der Waals surface area contributed by atoms with E-state index in [1.54, 1.807) is 13.3 Å². The lowest BCUT2D eigenvalue weighted by molar-refractivity contribution is 0.257. The highest BCUT2D eigenvalue weighted by Gasteiger charge is 2.10. The summed E-state index contributed by atoms with van der Waals surface area (Å²) in [6, 6.07) is 23.2. The Balaban J connectivity index is 1.57. The monoisotopic (exact) mass is 441 g/mol. The number of aromatic amines is 1. The minimum Gasteiger partial charge on any atom is -0.493 e. The first-order valence-corrected chi connectivity index (χ1v) is 10.8. The number of rotatable bonds is 8. The molecule has 0 amide bonds. The van der Waals surface area contributed by atoms with Crippen LogP contribution in [0.25, 0.3) is 11.0 Å². The van der Waals surface area contributed by atoms with Crippen LogP contribution < -0.4 is 14.9 Å². The fraction of sp³-hybridized carbons (Fsp3) is 0.192. The highest BCUT2D eigenvalue weighted by Crippen LogP contribution is 2.28. The summed E-state index contributed by atoms with van der Waals surface area (Å²) in [7, 11) is 1.63. The molecule has 4 rings (SSSR count). The molecule has 1 aromatic heterocycles. The Morgan fingerprint density at radius 1 is 1.03 bits per heavy atom. The molecule has 1 heterocycles. The molecule has 7 heteroatoms. The van der Waals surface area contributed by atoms with E-state index in [4.69, 9.17) is 14.5 Å². The molecule has 0 aliphatic heterocycles. The number of benzene rings is 3. The second kappa shape index (κ2) is 10.5. The van der Waals surface area contributed by atoms with E-state index in [1.807, 2.05) is 72.8 Å². The molecule has 33 heavy (non-hydrogen) atoms. The normalized spacial score (nSPS) is 11.9. The van der Waals surface area contributed by atoms with Crippen molar-refractivity contribution in [1.82, 2.24) is 15.4 Å². The van der Waals surface area contributed by atoms with Crippen molar-refractivity contribution in [1.29, 1.82) is 0 Å². The van der Waals surface area contributed by atoms with E-state index >= 15 is 0 Å². The van der Waals surface area contributed by atoms with Crippen LogP contribution in [0.3, 0.4) is 0 Å². The third kappa shape index (κ3) is 5.77. The number of methoxy groups -OCH3 is 1. The number of hydrogen-bond acceptors (Lipinski definition) is 5. The van der Waals surface area contributed by atoms with Gasteiger partial charge in [0.1, 0.15) is 0 Å². The summed E-state index contributed by atoms with van der Waals surface area (Å²) >= 11 is 0. The van der Waals surface area contributed by atoms with Crippen molar-refractivity contribution in [3.05, 3.63) is 84.2 Å². The standard InChI is InChI=1S/C26H27N5O2/c1-18(2)17-33-23-14-13-19(15-24(23)32-3)16-27-31-26(28-20-9-5-4-6-10-20)25-29-21-11-7-8-12-22(21)30-25/h4-16,18H,17H2,1-3H3,(H,28,31)(H,29,30). The number of aromatic nitrogens is 2. The van der Waals surface area contributed by atoms with E-state index in [-0.39, 0.29) is 0 Å². The van der Waals surface area contributed by atoms with E-state index in [0.29, 0.717) is 35.7 Å². The van der Waals surface area contributed by atoms with Gasteiger partial charge in [0.2, 0.25) is 0 Å². The Morgan fingerprint density at radius 3 is 2.58 bits per heavy atom. The van der Waals surface area contributed by atoms with E-state index in [2.05, 4.69) is 34.3 Å². The van der Waals surface area contributed by atoms with Crippen molar-refractivity contribution < 1.29 is 9.47 Å². The van der Waals surface area contributed by atoms with Crippen molar-refractivity contribution in [2.75, 3.05) is 13.7 Å². The molecule has 7 nitrogen and oxygen atoms in total. The molecule has 4 aromatic rings. The van der Waals surface area contributed by atoms with Gasteiger partial charge in [-0.25, -0.2) is 9.98 Å². The van der Waals surface area contributed by atoms with Crippen LogP contribution in [0.5, 0.6) is 11.5 Å². The molecule has 3 aromatic carbocycles. The highest BCUT2D eigenvalue weighted by atomic mass is 16.5. The number of H-pyrrole nitrogens is 1. The van der Waals surface area contributed by atoms with Gasteiger partial charge in [-0.05, 0) is 53.9 Å². The summed E-state index contributed by atoms with van der Waals surface area (Å²) in [5.74, 6) is 2.92. The maximum atomic E-state index is 5.82. The summed E-state index contributed by atoms with van der Waals surface area (Å²) < 4.78 is 11.3. The average Bonchev–Trinajstić information content (AvgIpc) is 3.27. The maximum Gasteiger partial charge on any atom is 0.190 e. The SMILES string of the molecule is COc1cc(C=NNC(=Nc2ccccc2)c2nc3ccccc3[nH]2)ccc1OCC(C)C. The van der Waals surface area contributed by atoms with Gasteiger partial charge >= 0.3 is 0 Å². The first-order valence-electron chi connectivity index (χ1n) is 10.8. The van der Waals surface area contributed by atoms with Gasteiger partial charge in [0.15, 0.2) is 23.2 Å². The first kappa shape index (κ1) is 22.1. The molecule has 0 spiro atoms. The molecular formula is C26H27N5O2. The predicted octanol–water partition coefficient (Wildman–Crippen LogP) is 5.31. The molecule has 0 saturated carbocycles. The van der Waals surface area contributed by atoms with Crippen molar-refractivity contribution in [2.24, 2.45) is 16.0 Å². The number of nitrogens with one attached hydrogen (secondary N) is 2. The number of amidine groups is 1. The van der Waals surface area contributed by atoms with Crippen LogP contribution in [0, 0.1) is 5.92 Å². The van der Waals surface area contributed by atoms with Crippen LogP contribution in [0.4, 0.5) is 5.69 Å². The number of imidazole rings is 1. The van der Waals surface area contributed by atoms with Gasteiger partial charge in [0.05, 0.1) is 36.7 Å². The molecule has 0 atom stereocenters. The lowest BCUT2D eigenvalue weighted by Gasteiger charge is -2.12. The number of hydrazone groups is 1. The number of para-hydroxylation sites is 3. The van der Waals surface area contributed by atoms with E-state index in [0.717, 1.165) is 22.3 Å². The molecule has 0 fully saturated rings. The van der Waals surface area contributed by atoms with Gasteiger partial charge in [-0.2, -0.15) is 5.10 Å². The molecule has 2 N–H and O–H groups in total. The molecule has 0 aliphatic rings. The summed E-state index contributed by atoms with van der Waals surface area (Å²) in [5.41, 5.74) is 6.49. The highest BCUT2D eigenvalue weighted by molar-refractivity contribution is 6.00. The van der Waals surface area contributed by atoms with Crippen LogP contribution in [-0.4, -0.2) is 35.7 Å². The molecule has 0 radical (unpaired) electrons. The second-order valence-electron chi connectivity index (χ2n) is 7.88. The van der Waals surface area contributed by atoms with Crippen molar-refractivity contribution in [3.63, 3.8) is 0 Å². The zero-order chi connectivity index (χ0) is 23.0. The van der Waals surface area contributed by atoms with Crippen molar-refractivity contribution in [3.8, 4) is 11.5 Å².